The predicted octanol–water partition coefficient (Wildman–Crippen LogP) is 4.23. The van der Waals surface area contributed by atoms with E-state index in [1.807, 2.05) is 6.92 Å². The lowest BCUT2D eigenvalue weighted by Gasteiger charge is -2.27. The van der Waals surface area contributed by atoms with E-state index < -0.39 is 21.6 Å². The fourth-order valence-electron chi connectivity index (χ4n) is 3.85. The Morgan fingerprint density at radius 2 is 1.81 bits per heavy atom. The summed E-state index contributed by atoms with van der Waals surface area (Å²) in [7, 11) is -4.14. The number of amides is 1. The van der Waals surface area contributed by atoms with Crippen LogP contribution in [0.2, 0.25) is 0 Å². The number of likely N-dealkylation sites (tertiary alicyclic amines) is 1. The fraction of sp³-hybridized carbons (Fsp3) is 0.304. The number of pyridine rings is 1. The van der Waals surface area contributed by atoms with Gasteiger partial charge in [0.2, 0.25) is 9.84 Å². The van der Waals surface area contributed by atoms with Crippen molar-refractivity contribution < 1.29 is 22.3 Å². The van der Waals surface area contributed by atoms with Gasteiger partial charge in [-0.05, 0) is 68.7 Å². The zero-order chi connectivity index (χ0) is 22.0. The average Bonchev–Trinajstić information content (AvgIpc) is 2.79. The molecule has 4 rings (SSSR count). The molecule has 1 fully saturated rings. The van der Waals surface area contributed by atoms with Crippen LogP contribution in [-0.2, 0) is 9.84 Å². The van der Waals surface area contributed by atoms with E-state index in [1.54, 1.807) is 17.0 Å². The minimum Gasteiger partial charge on any atom is -0.494 e. The van der Waals surface area contributed by atoms with Crippen LogP contribution in [0, 0.1) is 5.82 Å². The number of carbonyl (C=O) groups is 1. The van der Waals surface area contributed by atoms with Crippen molar-refractivity contribution in [2.24, 2.45) is 0 Å². The van der Waals surface area contributed by atoms with E-state index in [1.165, 1.54) is 30.5 Å². The molecule has 0 atom stereocenters. The Morgan fingerprint density at radius 3 is 2.48 bits per heavy atom. The molecule has 31 heavy (non-hydrogen) atoms. The molecule has 0 saturated carbocycles. The van der Waals surface area contributed by atoms with Crippen molar-refractivity contribution in [2.45, 2.75) is 36.0 Å². The highest BCUT2D eigenvalue weighted by molar-refractivity contribution is 7.91. The molecule has 0 spiro atoms. The summed E-state index contributed by atoms with van der Waals surface area (Å²) >= 11 is 0. The summed E-state index contributed by atoms with van der Waals surface area (Å²) in [4.78, 5) is 19.0. The van der Waals surface area contributed by atoms with Crippen molar-refractivity contribution in [1.82, 2.24) is 9.88 Å². The number of benzene rings is 2. The number of ether oxygens (including phenoxy) is 1. The smallest absolute Gasteiger partial charge is 0.256 e. The van der Waals surface area contributed by atoms with E-state index in [4.69, 9.17) is 4.74 Å². The number of aromatic nitrogens is 1. The third-order valence-corrected chi connectivity index (χ3v) is 7.24. The Morgan fingerprint density at radius 1 is 1.10 bits per heavy atom. The zero-order valence-corrected chi connectivity index (χ0v) is 18.0. The SMILES string of the molecule is CCOc1ccc(S(=O)(=O)c2c(C(=O)N3CCCCC3)cnc3ccc(F)cc23)cc1. The second-order valence-corrected chi connectivity index (χ2v) is 9.31. The number of hydrogen-bond acceptors (Lipinski definition) is 5. The number of carbonyl (C=O) groups excluding carboxylic acids is 1. The first kappa shape index (κ1) is 21.2. The number of rotatable bonds is 5. The van der Waals surface area contributed by atoms with Gasteiger partial charge in [-0.25, -0.2) is 12.8 Å². The van der Waals surface area contributed by atoms with Crippen molar-refractivity contribution in [3.8, 4) is 5.75 Å². The van der Waals surface area contributed by atoms with Gasteiger partial charge in [0.1, 0.15) is 11.6 Å². The van der Waals surface area contributed by atoms with Crippen LogP contribution >= 0.6 is 0 Å². The Hall–Kier alpha value is -3.00. The summed E-state index contributed by atoms with van der Waals surface area (Å²) in [6.45, 7) is 3.40. The maximum Gasteiger partial charge on any atom is 0.256 e. The lowest BCUT2D eigenvalue weighted by Crippen LogP contribution is -2.36. The molecule has 8 heteroatoms. The molecule has 0 unspecified atom stereocenters. The number of fused-ring (bicyclic) bond motifs is 1. The first-order valence-corrected chi connectivity index (χ1v) is 11.8. The van der Waals surface area contributed by atoms with Gasteiger partial charge in [-0.1, -0.05) is 0 Å². The van der Waals surface area contributed by atoms with Gasteiger partial charge in [0.05, 0.1) is 27.5 Å². The normalized spacial score (nSPS) is 14.6. The number of sulfone groups is 1. The number of hydrogen-bond donors (Lipinski definition) is 0. The number of halogens is 1. The topological polar surface area (TPSA) is 76.6 Å². The molecule has 162 valence electrons. The molecule has 6 nitrogen and oxygen atoms in total. The Balaban J connectivity index is 1.91. The largest absolute Gasteiger partial charge is 0.494 e. The first-order valence-electron chi connectivity index (χ1n) is 10.3. The van der Waals surface area contributed by atoms with Crippen LogP contribution in [0.3, 0.4) is 0 Å². The molecular weight excluding hydrogens is 419 g/mol. The van der Waals surface area contributed by atoms with Gasteiger partial charge in [0, 0.05) is 24.7 Å². The summed E-state index contributed by atoms with van der Waals surface area (Å²) < 4.78 is 46.8. The molecule has 0 aliphatic carbocycles. The van der Waals surface area contributed by atoms with Crippen molar-refractivity contribution >= 4 is 26.6 Å². The summed E-state index contributed by atoms with van der Waals surface area (Å²) in [5, 5.41) is 0.0942. The second kappa shape index (κ2) is 8.63. The number of piperidine rings is 1. The highest BCUT2D eigenvalue weighted by atomic mass is 32.2. The minimum absolute atomic E-state index is 0.000378. The molecule has 0 bridgehead atoms. The number of nitrogens with zero attached hydrogens (tertiary/aromatic N) is 2. The molecule has 3 aromatic rings. The van der Waals surface area contributed by atoms with Crippen LogP contribution < -0.4 is 4.74 Å². The van der Waals surface area contributed by atoms with Gasteiger partial charge in [-0.15, -0.1) is 0 Å². The van der Waals surface area contributed by atoms with E-state index in [9.17, 15) is 17.6 Å². The maximum absolute atomic E-state index is 14.1. The molecule has 1 aliphatic rings. The molecule has 1 aromatic heterocycles. The predicted molar refractivity (Wildman–Crippen MR) is 115 cm³/mol. The van der Waals surface area contributed by atoms with Gasteiger partial charge < -0.3 is 9.64 Å². The molecule has 0 N–H and O–H groups in total. The third kappa shape index (κ3) is 4.12. The summed E-state index contributed by atoms with van der Waals surface area (Å²) in [6.07, 6.45) is 4.05. The molecular formula is C23H23FN2O4S. The quantitative estimate of drug-likeness (QED) is 0.591. The molecule has 2 heterocycles. The first-order chi connectivity index (χ1) is 14.9. The van der Waals surface area contributed by atoms with Crippen LogP contribution in [0.5, 0.6) is 5.75 Å². The lowest BCUT2D eigenvalue weighted by molar-refractivity contribution is 0.0720. The molecule has 2 aromatic carbocycles. The highest BCUT2D eigenvalue weighted by Crippen LogP contribution is 2.33. The monoisotopic (exact) mass is 442 g/mol. The molecule has 1 saturated heterocycles. The van der Waals surface area contributed by atoms with E-state index in [0.29, 0.717) is 31.0 Å². The minimum atomic E-state index is -4.14. The van der Waals surface area contributed by atoms with E-state index in [0.717, 1.165) is 25.3 Å². The summed E-state index contributed by atoms with van der Waals surface area (Å²) in [5.41, 5.74) is 0.273. The second-order valence-electron chi connectivity index (χ2n) is 7.42. The van der Waals surface area contributed by atoms with Crippen LogP contribution in [0.25, 0.3) is 10.9 Å². The van der Waals surface area contributed by atoms with Gasteiger partial charge in [-0.2, -0.15) is 0 Å². The third-order valence-electron chi connectivity index (χ3n) is 5.37. The maximum atomic E-state index is 14.1. The lowest BCUT2D eigenvalue weighted by atomic mass is 10.1. The Bertz CT molecular complexity index is 1220. The standard InChI is InChI=1S/C23H23FN2O4S/c1-2-30-17-7-9-18(10-8-17)31(28,29)22-19-14-16(24)6-11-21(19)25-15-20(22)23(27)26-12-4-3-5-13-26/h6-11,14-15H,2-5,12-13H2,1H3. The van der Waals surface area contributed by atoms with Crippen LogP contribution in [0.15, 0.2) is 58.5 Å². The fourth-order valence-corrected chi connectivity index (χ4v) is 5.46. The van der Waals surface area contributed by atoms with E-state index in [-0.39, 0.29) is 20.7 Å². The van der Waals surface area contributed by atoms with E-state index >= 15 is 0 Å². The summed E-state index contributed by atoms with van der Waals surface area (Å²) in [5.74, 6) is -0.459. The van der Waals surface area contributed by atoms with Crippen LogP contribution in [-0.4, -0.2) is 43.9 Å². The van der Waals surface area contributed by atoms with Crippen molar-refractivity contribution in [1.29, 1.82) is 0 Å². The van der Waals surface area contributed by atoms with Crippen molar-refractivity contribution in [2.75, 3.05) is 19.7 Å². The Kier molecular flexibility index (Phi) is 5.91. The van der Waals surface area contributed by atoms with Gasteiger partial charge in [0.25, 0.3) is 5.91 Å². The van der Waals surface area contributed by atoms with E-state index in [2.05, 4.69) is 4.98 Å². The van der Waals surface area contributed by atoms with Gasteiger partial charge in [0.15, 0.2) is 0 Å². The highest BCUT2D eigenvalue weighted by Gasteiger charge is 2.30. The zero-order valence-electron chi connectivity index (χ0n) is 17.2. The van der Waals surface area contributed by atoms with Crippen molar-refractivity contribution in [3.05, 3.63) is 60.0 Å². The van der Waals surface area contributed by atoms with Crippen LogP contribution in [0.4, 0.5) is 4.39 Å². The Labute approximate surface area is 180 Å². The van der Waals surface area contributed by atoms with Gasteiger partial charge >= 0.3 is 0 Å². The summed E-state index contributed by atoms with van der Waals surface area (Å²) in [6, 6.07) is 9.74. The average molecular weight is 443 g/mol. The molecule has 1 aliphatic heterocycles. The molecule has 1 amide bonds. The molecule has 0 radical (unpaired) electrons. The van der Waals surface area contributed by atoms with Gasteiger partial charge in [-0.3, -0.25) is 9.78 Å². The van der Waals surface area contributed by atoms with Crippen molar-refractivity contribution in [3.63, 3.8) is 0 Å². The van der Waals surface area contributed by atoms with Crippen LogP contribution in [0.1, 0.15) is 36.5 Å².